The monoisotopic (exact) mass is 450 g/mol. The molecule has 6 nitrogen and oxygen atoms in total. The third kappa shape index (κ3) is 5.03. The largest absolute Gasteiger partial charge is 0.497 e. The number of benzene rings is 2. The highest BCUT2D eigenvalue weighted by Gasteiger charge is 2.21. The standard InChI is InChI=1S/C23H22N4O2S2/c1-4-19(22(28)27-23-26-17-11-10-16(29-3)12-20(17)31-23)30-21-13-18(24-14(2)25-21)15-8-6-5-7-9-15/h5-13,19H,4H2,1-3H3,(H,26,27,28). The van der Waals surface area contributed by atoms with Gasteiger partial charge >= 0.3 is 0 Å². The minimum absolute atomic E-state index is 0.0870. The first-order valence-electron chi connectivity index (χ1n) is 9.89. The quantitative estimate of drug-likeness (QED) is 0.293. The lowest BCUT2D eigenvalue weighted by Gasteiger charge is -2.14. The van der Waals surface area contributed by atoms with E-state index in [1.54, 1.807) is 7.11 Å². The number of rotatable bonds is 7. The molecule has 0 saturated carbocycles. The summed E-state index contributed by atoms with van der Waals surface area (Å²) in [6.07, 6.45) is 0.666. The second kappa shape index (κ2) is 9.45. The van der Waals surface area contributed by atoms with Gasteiger partial charge < -0.3 is 10.1 Å². The number of amides is 1. The van der Waals surface area contributed by atoms with Crippen molar-refractivity contribution in [1.82, 2.24) is 15.0 Å². The molecule has 0 aliphatic heterocycles. The van der Waals surface area contributed by atoms with E-state index in [2.05, 4.69) is 20.3 Å². The molecule has 2 heterocycles. The Morgan fingerprint density at radius 2 is 1.94 bits per heavy atom. The molecule has 2 aromatic carbocycles. The zero-order valence-corrected chi connectivity index (χ0v) is 19.1. The Morgan fingerprint density at radius 3 is 2.68 bits per heavy atom. The summed E-state index contributed by atoms with van der Waals surface area (Å²) in [5, 5.41) is 4.03. The van der Waals surface area contributed by atoms with Gasteiger partial charge in [-0.3, -0.25) is 4.79 Å². The Kier molecular flexibility index (Phi) is 6.48. The number of thiazole rings is 1. The fraction of sp³-hybridized carbons (Fsp3) is 0.217. The van der Waals surface area contributed by atoms with E-state index in [1.165, 1.54) is 23.1 Å². The summed E-state index contributed by atoms with van der Waals surface area (Å²) in [6, 6.07) is 17.6. The molecule has 1 amide bonds. The molecule has 0 aliphatic carbocycles. The first-order valence-corrected chi connectivity index (χ1v) is 11.6. The van der Waals surface area contributed by atoms with Crippen LogP contribution < -0.4 is 10.1 Å². The Balaban J connectivity index is 1.51. The summed E-state index contributed by atoms with van der Waals surface area (Å²) in [4.78, 5) is 26.6. The third-order valence-electron chi connectivity index (χ3n) is 4.64. The minimum atomic E-state index is -0.292. The molecule has 0 aliphatic rings. The van der Waals surface area contributed by atoms with Gasteiger partial charge in [-0.1, -0.05) is 60.4 Å². The van der Waals surface area contributed by atoms with Crippen molar-refractivity contribution in [2.24, 2.45) is 0 Å². The first-order chi connectivity index (χ1) is 15.1. The smallest absolute Gasteiger partial charge is 0.239 e. The van der Waals surface area contributed by atoms with Crippen LogP contribution in [0.4, 0.5) is 5.13 Å². The highest BCUT2D eigenvalue weighted by molar-refractivity contribution is 8.00. The average molecular weight is 451 g/mol. The SMILES string of the molecule is CCC(Sc1cc(-c2ccccc2)nc(C)n1)C(=O)Nc1nc2ccc(OC)cc2s1. The van der Waals surface area contributed by atoms with Crippen LogP contribution in [0.5, 0.6) is 5.75 Å². The normalized spacial score (nSPS) is 12.0. The van der Waals surface area contributed by atoms with Gasteiger partial charge in [0.05, 0.1) is 28.3 Å². The minimum Gasteiger partial charge on any atom is -0.497 e. The average Bonchev–Trinajstić information content (AvgIpc) is 3.18. The molecule has 0 spiro atoms. The van der Waals surface area contributed by atoms with Gasteiger partial charge in [0.15, 0.2) is 5.13 Å². The lowest BCUT2D eigenvalue weighted by atomic mass is 10.1. The molecule has 0 saturated heterocycles. The number of methoxy groups -OCH3 is 1. The molecule has 1 atom stereocenters. The van der Waals surface area contributed by atoms with Crippen LogP contribution in [0.2, 0.25) is 0 Å². The molecule has 4 rings (SSSR count). The Labute approximate surface area is 189 Å². The molecule has 0 bridgehead atoms. The molecule has 8 heteroatoms. The number of aryl methyl sites for hydroxylation is 1. The van der Waals surface area contributed by atoms with Crippen molar-refractivity contribution in [2.75, 3.05) is 12.4 Å². The van der Waals surface area contributed by atoms with E-state index in [4.69, 9.17) is 4.74 Å². The summed E-state index contributed by atoms with van der Waals surface area (Å²) in [6.45, 7) is 3.86. The van der Waals surface area contributed by atoms with E-state index in [-0.39, 0.29) is 11.2 Å². The van der Waals surface area contributed by atoms with Crippen molar-refractivity contribution in [2.45, 2.75) is 30.5 Å². The molecule has 1 unspecified atom stereocenters. The molecule has 158 valence electrons. The highest BCUT2D eigenvalue weighted by atomic mass is 32.2. The van der Waals surface area contributed by atoms with Crippen molar-refractivity contribution in [3.63, 3.8) is 0 Å². The fourth-order valence-corrected chi connectivity index (χ4v) is 4.98. The predicted molar refractivity (Wildman–Crippen MR) is 127 cm³/mol. The number of fused-ring (bicyclic) bond motifs is 1. The third-order valence-corrected chi connectivity index (χ3v) is 6.85. The van der Waals surface area contributed by atoms with E-state index >= 15 is 0 Å². The van der Waals surface area contributed by atoms with Crippen molar-refractivity contribution in [1.29, 1.82) is 0 Å². The summed E-state index contributed by atoms with van der Waals surface area (Å²) in [5.41, 5.74) is 2.71. The van der Waals surface area contributed by atoms with E-state index in [1.807, 2.05) is 68.4 Å². The number of hydrogen-bond acceptors (Lipinski definition) is 7. The van der Waals surface area contributed by atoms with Gasteiger partial charge in [-0.05, 0) is 37.6 Å². The van der Waals surface area contributed by atoms with E-state index in [0.717, 1.165) is 32.2 Å². The summed E-state index contributed by atoms with van der Waals surface area (Å²) < 4.78 is 6.23. The molecule has 0 fully saturated rings. The van der Waals surface area contributed by atoms with Crippen molar-refractivity contribution >= 4 is 44.4 Å². The van der Waals surface area contributed by atoms with Crippen LogP contribution in [0, 0.1) is 6.92 Å². The lowest BCUT2D eigenvalue weighted by Crippen LogP contribution is -2.24. The van der Waals surface area contributed by atoms with Gasteiger partial charge in [-0.25, -0.2) is 15.0 Å². The van der Waals surface area contributed by atoms with Crippen LogP contribution in [0.3, 0.4) is 0 Å². The number of anilines is 1. The maximum absolute atomic E-state index is 13.0. The maximum atomic E-state index is 13.0. The number of carbonyl (C=O) groups excluding carboxylic acids is 1. The molecular formula is C23H22N4O2S2. The summed E-state index contributed by atoms with van der Waals surface area (Å²) in [7, 11) is 1.63. The number of nitrogens with zero attached hydrogens (tertiary/aromatic N) is 3. The number of ether oxygens (including phenoxy) is 1. The van der Waals surface area contributed by atoms with Crippen LogP contribution in [-0.4, -0.2) is 33.2 Å². The van der Waals surface area contributed by atoms with Gasteiger partial charge in [-0.15, -0.1) is 0 Å². The topological polar surface area (TPSA) is 77.0 Å². The maximum Gasteiger partial charge on any atom is 0.239 e. The molecule has 4 aromatic rings. The van der Waals surface area contributed by atoms with Gasteiger partial charge in [-0.2, -0.15) is 0 Å². The van der Waals surface area contributed by atoms with E-state index in [9.17, 15) is 4.79 Å². The molecule has 1 N–H and O–H groups in total. The van der Waals surface area contributed by atoms with Gasteiger partial charge in [0, 0.05) is 5.56 Å². The second-order valence-corrected chi connectivity index (χ2v) is 9.11. The number of nitrogens with one attached hydrogen (secondary N) is 1. The van der Waals surface area contributed by atoms with Crippen LogP contribution in [0.15, 0.2) is 59.6 Å². The molecule has 0 radical (unpaired) electrons. The fourth-order valence-electron chi connectivity index (χ4n) is 3.10. The lowest BCUT2D eigenvalue weighted by molar-refractivity contribution is -0.115. The van der Waals surface area contributed by atoms with Crippen LogP contribution in [0.1, 0.15) is 19.2 Å². The van der Waals surface area contributed by atoms with Gasteiger partial charge in [0.1, 0.15) is 16.6 Å². The Morgan fingerprint density at radius 1 is 1.13 bits per heavy atom. The Hall–Kier alpha value is -2.97. The van der Waals surface area contributed by atoms with E-state index in [0.29, 0.717) is 17.4 Å². The van der Waals surface area contributed by atoms with Gasteiger partial charge in [0.2, 0.25) is 5.91 Å². The van der Waals surface area contributed by atoms with Crippen molar-refractivity contribution in [3.8, 4) is 17.0 Å². The number of thioether (sulfide) groups is 1. The first kappa shape index (κ1) is 21.3. The molecular weight excluding hydrogens is 428 g/mol. The van der Waals surface area contributed by atoms with Crippen LogP contribution >= 0.6 is 23.1 Å². The number of carbonyl (C=O) groups is 1. The molecule has 31 heavy (non-hydrogen) atoms. The Bertz CT molecular complexity index is 1210. The zero-order valence-electron chi connectivity index (χ0n) is 17.5. The number of aromatic nitrogens is 3. The summed E-state index contributed by atoms with van der Waals surface area (Å²) >= 11 is 2.88. The van der Waals surface area contributed by atoms with E-state index < -0.39 is 0 Å². The van der Waals surface area contributed by atoms with Crippen molar-refractivity contribution < 1.29 is 9.53 Å². The highest BCUT2D eigenvalue weighted by Crippen LogP contribution is 2.31. The van der Waals surface area contributed by atoms with Crippen molar-refractivity contribution in [3.05, 3.63) is 60.4 Å². The summed E-state index contributed by atoms with van der Waals surface area (Å²) in [5.74, 6) is 1.36. The van der Waals surface area contributed by atoms with Crippen LogP contribution in [0.25, 0.3) is 21.5 Å². The van der Waals surface area contributed by atoms with Crippen LogP contribution in [-0.2, 0) is 4.79 Å². The molecule has 2 aromatic heterocycles. The second-order valence-electron chi connectivity index (χ2n) is 6.86. The number of hydrogen-bond donors (Lipinski definition) is 1. The zero-order chi connectivity index (χ0) is 21.8. The predicted octanol–water partition coefficient (Wildman–Crippen LogP) is 5.58. The van der Waals surface area contributed by atoms with Gasteiger partial charge in [0.25, 0.3) is 0 Å².